The molecule has 1 N–H and O–H groups in total. The number of benzene rings is 4. The number of hydrogen-bond donors (Lipinski definition) is 1. The van der Waals surface area contributed by atoms with E-state index in [9.17, 15) is 21.9 Å². The highest BCUT2D eigenvalue weighted by molar-refractivity contribution is 7.91. The Labute approximate surface area is 398 Å². The van der Waals surface area contributed by atoms with Gasteiger partial charge in [0.1, 0.15) is 9.79 Å². The van der Waals surface area contributed by atoms with Gasteiger partial charge in [-0.15, -0.1) is 0 Å². The van der Waals surface area contributed by atoms with E-state index in [0.717, 1.165) is 59.0 Å². The van der Waals surface area contributed by atoms with Crippen molar-refractivity contribution in [3.63, 3.8) is 0 Å². The van der Waals surface area contributed by atoms with Gasteiger partial charge in [-0.1, -0.05) is 110 Å². The predicted molar refractivity (Wildman–Crippen MR) is 262 cm³/mol. The highest BCUT2D eigenvalue weighted by Crippen LogP contribution is 2.35. The van der Waals surface area contributed by atoms with Crippen LogP contribution in [0.1, 0.15) is 84.2 Å². The van der Waals surface area contributed by atoms with Crippen LogP contribution in [-0.2, 0) is 61.1 Å². The molecule has 6 aromatic rings. The molecule has 342 valence electrons. The molecule has 0 spiro atoms. The molecule has 2 fully saturated rings. The molecule has 6 heterocycles. The summed E-state index contributed by atoms with van der Waals surface area (Å²) in [6.07, 6.45) is 7.76. The summed E-state index contributed by atoms with van der Waals surface area (Å²) >= 11 is 12.3. The largest absolute Gasteiger partial charge is 0.454 e. The van der Waals surface area contributed by atoms with Gasteiger partial charge >= 0.3 is 7.12 Å². The van der Waals surface area contributed by atoms with Crippen molar-refractivity contribution in [2.45, 2.75) is 107 Å². The quantitative estimate of drug-likeness (QED) is 0.138. The van der Waals surface area contributed by atoms with Crippen molar-refractivity contribution in [3.05, 3.63) is 152 Å². The van der Waals surface area contributed by atoms with Gasteiger partial charge in [-0.25, -0.2) is 36.8 Å². The fourth-order valence-electron chi connectivity index (χ4n) is 9.15. The number of aryl methyl sites for hydroxylation is 2. The number of sulfone groups is 2. The first-order chi connectivity index (χ1) is 31.3. The standard InChI is InChI=1S/C24H24BClN2O4S.C24H24BClN2O3S.CH4/c26-19-4-1-3-18(15-19)24-27-21-5-2-12-33(30,31)23(21)22(28-24)14-17-8-6-16(7-9-17)13-20-10-11-25(29)32-20;1-25-12-11-22(31-25)17-9-7-16(8-10-17)14-21-23-20(6-3-13-32(23,29)30)27-24(28-21)18-4-2-5-19(26)15-18;/h1,3-4,6-9,15,20,29H,2,5,10-14H2;2,4-5,7-10,15,22H,3,6,11-14H2,1H3;1H4. The van der Waals surface area contributed by atoms with Gasteiger partial charge < -0.3 is 14.3 Å². The second-order valence-corrected chi connectivity index (χ2v) is 22.3. The Morgan fingerprint density at radius 1 is 0.652 bits per heavy atom. The summed E-state index contributed by atoms with van der Waals surface area (Å²) in [5, 5.41) is 10.7. The molecule has 2 saturated heterocycles. The number of aromatic nitrogens is 4. The molecule has 0 amide bonds. The topological polar surface area (TPSA) is 159 Å². The molecule has 17 heteroatoms. The van der Waals surface area contributed by atoms with Crippen molar-refractivity contribution in [2.75, 3.05) is 11.5 Å². The van der Waals surface area contributed by atoms with Crippen molar-refractivity contribution in [1.29, 1.82) is 0 Å². The highest BCUT2D eigenvalue weighted by Gasteiger charge is 2.33. The summed E-state index contributed by atoms with van der Waals surface area (Å²) in [6, 6.07) is 31.0. The second kappa shape index (κ2) is 20.4. The van der Waals surface area contributed by atoms with Crippen LogP contribution < -0.4 is 0 Å². The third-order valence-corrected chi connectivity index (χ3v) is 16.7. The van der Waals surface area contributed by atoms with E-state index in [4.69, 9.17) is 42.5 Å². The van der Waals surface area contributed by atoms with Crippen LogP contribution in [-0.4, -0.2) is 73.4 Å². The monoisotopic (exact) mass is 964 g/mol. The van der Waals surface area contributed by atoms with Gasteiger partial charge in [0.05, 0.1) is 40.4 Å². The van der Waals surface area contributed by atoms with Gasteiger partial charge in [-0.3, -0.25) is 0 Å². The van der Waals surface area contributed by atoms with E-state index in [1.54, 1.807) is 18.2 Å². The Balaban J connectivity index is 0.000000177. The van der Waals surface area contributed by atoms with Crippen LogP contribution in [0.2, 0.25) is 29.5 Å². The average Bonchev–Trinajstić information content (AvgIpc) is 3.91. The Morgan fingerprint density at radius 3 is 1.61 bits per heavy atom. The lowest BCUT2D eigenvalue weighted by molar-refractivity contribution is 0.201. The van der Waals surface area contributed by atoms with Crippen molar-refractivity contribution < 1.29 is 31.2 Å². The first-order valence-electron chi connectivity index (χ1n) is 22.2. The summed E-state index contributed by atoms with van der Waals surface area (Å²) < 4.78 is 63.2. The zero-order valence-corrected chi connectivity index (χ0v) is 39.1. The van der Waals surface area contributed by atoms with Crippen LogP contribution in [0.4, 0.5) is 0 Å². The Morgan fingerprint density at radius 2 is 1.15 bits per heavy atom. The molecule has 4 aromatic carbocycles. The lowest BCUT2D eigenvalue weighted by Gasteiger charge is -2.20. The minimum atomic E-state index is -3.42. The molecular weight excluding hydrogens is 913 g/mol. The minimum absolute atomic E-state index is 0. The second-order valence-electron chi connectivity index (χ2n) is 17.3. The van der Waals surface area contributed by atoms with Crippen LogP contribution in [0.3, 0.4) is 0 Å². The molecule has 66 heavy (non-hydrogen) atoms. The van der Waals surface area contributed by atoms with Crippen LogP contribution >= 0.6 is 23.2 Å². The fraction of sp³-hybridized carbons (Fsp3) is 0.347. The van der Waals surface area contributed by atoms with E-state index in [0.29, 0.717) is 101 Å². The maximum absolute atomic E-state index is 12.9. The molecule has 0 bridgehead atoms. The average molecular weight is 966 g/mol. The zero-order chi connectivity index (χ0) is 45.3. The number of fused-ring (bicyclic) bond motifs is 2. The molecular formula is C49H52B2Cl2N4O7S2. The lowest BCUT2D eigenvalue weighted by Crippen LogP contribution is -2.21. The lowest BCUT2D eigenvalue weighted by atomic mass is 9.69. The molecule has 2 atom stereocenters. The van der Waals surface area contributed by atoms with Crippen LogP contribution in [0.25, 0.3) is 22.8 Å². The van der Waals surface area contributed by atoms with E-state index in [1.165, 1.54) is 0 Å². The maximum atomic E-state index is 12.9. The maximum Gasteiger partial charge on any atom is 0.454 e. The zero-order valence-electron chi connectivity index (χ0n) is 36.0. The number of nitrogens with zero attached hydrogens (tertiary/aromatic N) is 4. The van der Waals surface area contributed by atoms with Gasteiger partial charge in [0, 0.05) is 40.1 Å². The predicted octanol–water partition coefficient (Wildman–Crippen LogP) is 9.75. The van der Waals surface area contributed by atoms with Gasteiger partial charge in [0.15, 0.2) is 31.3 Å². The summed E-state index contributed by atoms with van der Waals surface area (Å²) in [5.74, 6) is 1.28. The van der Waals surface area contributed by atoms with E-state index in [-0.39, 0.29) is 36.0 Å². The van der Waals surface area contributed by atoms with Gasteiger partial charge in [-0.2, -0.15) is 0 Å². The number of halogens is 2. The Bertz CT molecular complexity index is 2950. The molecule has 0 saturated carbocycles. The third-order valence-electron chi connectivity index (χ3n) is 12.4. The summed E-state index contributed by atoms with van der Waals surface area (Å²) in [4.78, 5) is 19.3. The number of rotatable bonds is 9. The molecule has 2 unspecified atom stereocenters. The van der Waals surface area contributed by atoms with Crippen molar-refractivity contribution in [1.82, 2.24) is 19.9 Å². The van der Waals surface area contributed by atoms with Crippen molar-refractivity contribution in [3.8, 4) is 22.8 Å². The summed E-state index contributed by atoms with van der Waals surface area (Å²) in [5.41, 5.74) is 8.12. The molecule has 10 rings (SSSR count). The highest BCUT2D eigenvalue weighted by atomic mass is 35.5. The summed E-state index contributed by atoms with van der Waals surface area (Å²) in [7, 11) is -7.48. The fourth-order valence-corrected chi connectivity index (χ4v) is 13.0. The van der Waals surface area contributed by atoms with Crippen molar-refractivity contribution >= 4 is 56.9 Å². The van der Waals surface area contributed by atoms with E-state index in [2.05, 4.69) is 28.9 Å². The van der Waals surface area contributed by atoms with Gasteiger partial charge in [-0.05, 0) is 104 Å². The normalized spacial score (nSPS) is 19.3. The van der Waals surface area contributed by atoms with Crippen molar-refractivity contribution in [2.24, 2.45) is 0 Å². The van der Waals surface area contributed by atoms with Gasteiger partial charge in [0.2, 0.25) is 0 Å². The van der Waals surface area contributed by atoms with Gasteiger partial charge in [0.25, 0.3) is 6.92 Å². The third kappa shape index (κ3) is 11.1. The SMILES string of the molecule is C.CB1CCC(c2ccc(Cc3nc(-c4cccc(Cl)c4)nc4c3S(=O)(=O)CCC4)cc2)O1.O=S1(=O)CCCc2nc(-c3cccc(Cl)c3)nc(Cc3ccc(CC4CCB(O)O4)cc3)c21. The van der Waals surface area contributed by atoms with E-state index < -0.39 is 26.8 Å². The first kappa shape index (κ1) is 48.0. The van der Waals surface area contributed by atoms with E-state index in [1.807, 2.05) is 66.7 Å². The van der Waals surface area contributed by atoms with E-state index >= 15 is 0 Å². The molecule has 11 nitrogen and oxygen atoms in total. The molecule has 4 aliphatic rings. The molecule has 0 aliphatic carbocycles. The van der Waals surface area contributed by atoms with Crippen LogP contribution in [0, 0.1) is 0 Å². The molecule has 4 aliphatic heterocycles. The van der Waals surface area contributed by atoms with Crippen LogP contribution in [0.15, 0.2) is 107 Å². The smallest absolute Gasteiger partial charge is 0.430 e. The first-order valence-corrected chi connectivity index (χ1v) is 26.2. The molecule has 2 aromatic heterocycles. The Hall–Kier alpha value is -4.47. The van der Waals surface area contributed by atoms with Crippen LogP contribution in [0.5, 0.6) is 0 Å². The number of hydrogen-bond acceptors (Lipinski definition) is 11. The summed E-state index contributed by atoms with van der Waals surface area (Å²) in [6.45, 7) is 2.40. The minimum Gasteiger partial charge on any atom is -0.430 e. The Kier molecular flexibility index (Phi) is 14.8. The molecule has 0 radical (unpaired) electrons.